The molecule has 1 aliphatic rings. The number of nitrogens with one attached hydrogen (secondary N) is 1. The van der Waals surface area contributed by atoms with Crippen molar-refractivity contribution in [2.75, 3.05) is 11.2 Å². The van der Waals surface area contributed by atoms with Gasteiger partial charge in [0.25, 0.3) is 0 Å². The van der Waals surface area contributed by atoms with E-state index in [0.717, 1.165) is 22.3 Å². The second-order valence-electron chi connectivity index (χ2n) is 5.41. The number of hydrogen-bond acceptors (Lipinski definition) is 4. The van der Waals surface area contributed by atoms with Gasteiger partial charge in [-0.15, -0.1) is 10.2 Å². The Morgan fingerprint density at radius 3 is 2.59 bits per heavy atom. The topological polar surface area (TPSA) is 42.7 Å². The molecule has 0 amide bonds. The van der Waals surface area contributed by atoms with Gasteiger partial charge in [0.2, 0.25) is 5.16 Å². The first-order valence-electron chi connectivity index (χ1n) is 7.28. The zero-order chi connectivity index (χ0) is 14.9. The van der Waals surface area contributed by atoms with E-state index >= 15 is 0 Å². The SMILES string of the molecule is Cc1ccc(-c2nnc3n2NC(c2ccccc2)CS3)cc1. The molecule has 0 spiro atoms. The van der Waals surface area contributed by atoms with Crippen LogP contribution in [-0.4, -0.2) is 20.6 Å². The zero-order valence-electron chi connectivity index (χ0n) is 12.2. The van der Waals surface area contributed by atoms with E-state index in [1.165, 1.54) is 11.1 Å². The minimum absolute atomic E-state index is 0.263. The molecule has 22 heavy (non-hydrogen) atoms. The third-order valence-electron chi connectivity index (χ3n) is 3.81. The average Bonchev–Trinajstić information content (AvgIpc) is 2.99. The Kier molecular flexibility index (Phi) is 3.35. The molecule has 110 valence electrons. The molecule has 1 unspecified atom stereocenters. The van der Waals surface area contributed by atoms with E-state index in [2.05, 4.69) is 71.1 Å². The summed E-state index contributed by atoms with van der Waals surface area (Å²) < 4.78 is 2.01. The second kappa shape index (κ2) is 5.50. The first kappa shape index (κ1) is 13.4. The standard InChI is InChI=1S/C17H16N4S/c1-12-7-9-14(10-8-12)16-18-19-17-21(16)20-15(11-22-17)13-5-3-2-4-6-13/h2-10,15,20H,11H2,1H3. The molecule has 2 heterocycles. The van der Waals surface area contributed by atoms with Gasteiger partial charge in [-0.25, -0.2) is 4.68 Å². The summed E-state index contributed by atoms with van der Waals surface area (Å²) in [5, 5.41) is 9.57. The van der Waals surface area contributed by atoms with Gasteiger partial charge < -0.3 is 5.43 Å². The van der Waals surface area contributed by atoms with Crippen molar-refractivity contribution >= 4 is 11.8 Å². The molecule has 2 aromatic carbocycles. The van der Waals surface area contributed by atoms with Crippen LogP contribution in [0.2, 0.25) is 0 Å². The molecule has 3 aromatic rings. The zero-order valence-corrected chi connectivity index (χ0v) is 13.0. The maximum absolute atomic E-state index is 4.36. The van der Waals surface area contributed by atoms with E-state index in [1.807, 2.05) is 10.7 Å². The largest absolute Gasteiger partial charge is 0.314 e. The van der Waals surface area contributed by atoms with E-state index in [0.29, 0.717) is 0 Å². The van der Waals surface area contributed by atoms with Crippen LogP contribution >= 0.6 is 11.8 Å². The van der Waals surface area contributed by atoms with E-state index in [4.69, 9.17) is 0 Å². The molecule has 0 radical (unpaired) electrons. The summed E-state index contributed by atoms with van der Waals surface area (Å²) in [5.41, 5.74) is 7.14. The van der Waals surface area contributed by atoms with Crippen LogP contribution in [0.4, 0.5) is 0 Å². The van der Waals surface area contributed by atoms with Crippen molar-refractivity contribution in [3.8, 4) is 11.4 Å². The summed E-state index contributed by atoms with van der Waals surface area (Å²) in [6, 6.07) is 19.1. The molecule has 4 nitrogen and oxygen atoms in total. The van der Waals surface area contributed by atoms with Crippen molar-refractivity contribution in [2.45, 2.75) is 18.1 Å². The molecule has 0 saturated heterocycles. The molecule has 0 fully saturated rings. The fraction of sp³-hybridized carbons (Fsp3) is 0.176. The van der Waals surface area contributed by atoms with Crippen LogP contribution < -0.4 is 5.43 Å². The van der Waals surface area contributed by atoms with Gasteiger partial charge in [0.1, 0.15) is 0 Å². The van der Waals surface area contributed by atoms with Crippen LogP contribution in [0.3, 0.4) is 0 Å². The molecule has 4 rings (SSSR count). The monoisotopic (exact) mass is 308 g/mol. The third kappa shape index (κ3) is 2.37. The summed E-state index contributed by atoms with van der Waals surface area (Å²) >= 11 is 1.74. The first-order valence-corrected chi connectivity index (χ1v) is 8.26. The average molecular weight is 308 g/mol. The van der Waals surface area contributed by atoms with Crippen LogP contribution in [0.5, 0.6) is 0 Å². The van der Waals surface area contributed by atoms with E-state index in [-0.39, 0.29) is 6.04 Å². The molecule has 1 atom stereocenters. The van der Waals surface area contributed by atoms with E-state index in [1.54, 1.807) is 11.8 Å². The first-order chi connectivity index (χ1) is 10.8. The number of nitrogens with zero attached hydrogens (tertiary/aromatic N) is 3. The number of thioether (sulfide) groups is 1. The fourth-order valence-corrected chi connectivity index (χ4v) is 3.53. The highest BCUT2D eigenvalue weighted by Crippen LogP contribution is 2.32. The van der Waals surface area contributed by atoms with Crippen molar-refractivity contribution in [2.24, 2.45) is 0 Å². The quantitative estimate of drug-likeness (QED) is 0.785. The van der Waals surface area contributed by atoms with Crippen molar-refractivity contribution in [1.29, 1.82) is 0 Å². The van der Waals surface area contributed by atoms with Crippen LogP contribution in [0.1, 0.15) is 17.2 Å². The van der Waals surface area contributed by atoms with E-state index in [9.17, 15) is 0 Å². The highest BCUT2D eigenvalue weighted by atomic mass is 32.2. The van der Waals surface area contributed by atoms with Crippen molar-refractivity contribution in [3.63, 3.8) is 0 Å². The normalized spacial score (nSPS) is 16.9. The number of aryl methyl sites for hydroxylation is 1. The molecule has 1 N–H and O–H groups in total. The number of hydrogen-bond donors (Lipinski definition) is 1. The summed E-state index contributed by atoms with van der Waals surface area (Å²) in [6.45, 7) is 2.09. The Hall–Kier alpha value is -2.27. The maximum Gasteiger partial charge on any atom is 0.210 e. The molecule has 0 bridgehead atoms. The van der Waals surface area contributed by atoms with Crippen molar-refractivity contribution < 1.29 is 0 Å². The Labute approximate surface area is 133 Å². The lowest BCUT2D eigenvalue weighted by molar-refractivity contribution is 0.663. The lowest BCUT2D eigenvalue weighted by Crippen LogP contribution is -2.28. The van der Waals surface area contributed by atoms with Crippen molar-refractivity contribution in [3.05, 3.63) is 65.7 Å². The number of aromatic nitrogens is 3. The summed E-state index contributed by atoms with van der Waals surface area (Å²) in [4.78, 5) is 0. The van der Waals surface area contributed by atoms with Crippen LogP contribution in [0, 0.1) is 6.92 Å². The van der Waals surface area contributed by atoms with Gasteiger partial charge >= 0.3 is 0 Å². The Morgan fingerprint density at radius 2 is 1.82 bits per heavy atom. The van der Waals surface area contributed by atoms with Crippen LogP contribution in [0.25, 0.3) is 11.4 Å². The van der Waals surface area contributed by atoms with Gasteiger partial charge in [-0.3, -0.25) is 0 Å². The molecular formula is C17H16N4S. The van der Waals surface area contributed by atoms with Gasteiger partial charge in [0.05, 0.1) is 6.04 Å². The second-order valence-corrected chi connectivity index (χ2v) is 6.40. The van der Waals surface area contributed by atoms with Gasteiger partial charge in [0, 0.05) is 11.3 Å². The van der Waals surface area contributed by atoms with Gasteiger partial charge in [-0.2, -0.15) is 0 Å². The number of fused-ring (bicyclic) bond motifs is 1. The molecule has 0 saturated carbocycles. The summed E-state index contributed by atoms with van der Waals surface area (Å²) in [5.74, 6) is 1.82. The van der Waals surface area contributed by atoms with Gasteiger partial charge in [0.15, 0.2) is 5.82 Å². The molecule has 1 aliphatic heterocycles. The fourth-order valence-electron chi connectivity index (χ4n) is 2.58. The summed E-state index contributed by atoms with van der Waals surface area (Å²) in [7, 11) is 0. The molecule has 0 aliphatic carbocycles. The highest BCUT2D eigenvalue weighted by molar-refractivity contribution is 7.99. The van der Waals surface area contributed by atoms with Crippen LogP contribution in [-0.2, 0) is 0 Å². The van der Waals surface area contributed by atoms with Crippen LogP contribution in [0.15, 0.2) is 59.8 Å². The Morgan fingerprint density at radius 1 is 1.05 bits per heavy atom. The predicted molar refractivity (Wildman–Crippen MR) is 89.5 cm³/mol. The van der Waals surface area contributed by atoms with Gasteiger partial charge in [-0.05, 0) is 12.5 Å². The van der Waals surface area contributed by atoms with Gasteiger partial charge in [-0.1, -0.05) is 71.9 Å². The number of benzene rings is 2. The maximum atomic E-state index is 4.36. The van der Waals surface area contributed by atoms with E-state index < -0.39 is 0 Å². The smallest absolute Gasteiger partial charge is 0.210 e. The molecule has 5 heteroatoms. The lowest BCUT2D eigenvalue weighted by Gasteiger charge is -2.26. The minimum Gasteiger partial charge on any atom is -0.314 e. The lowest BCUT2D eigenvalue weighted by atomic mass is 10.1. The molecule has 1 aromatic heterocycles. The highest BCUT2D eigenvalue weighted by Gasteiger charge is 2.24. The minimum atomic E-state index is 0.263. The Bertz CT molecular complexity index is 780. The Balaban J connectivity index is 1.69. The predicted octanol–water partition coefficient (Wildman–Crippen LogP) is 3.64. The van der Waals surface area contributed by atoms with Crippen molar-refractivity contribution in [1.82, 2.24) is 14.9 Å². The summed E-state index contributed by atoms with van der Waals surface area (Å²) in [6.07, 6.45) is 0. The third-order valence-corrected chi connectivity index (χ3v) is 4.83. The number of rotatable bonds is 2. The molecular weight excluding hydrogens is 292 g/mol.